The van der Waals surface area contributed by atoms with Crippen molar-refractivity contribution in [2.45, 2.75) is 44.9 Å². The van der Waals surface area contributed by atoms with Crippen molar-refractivity contribution >= 4 is 34.0 Å². The van der Waals surface area contributed by atoms with Gasteiger partial charge in [-0.1, -0.05) is 29.5 Å². The molecule has 0 aliphatic carbocycles. The summed E-state index contributed by atoms with van der Waals surface area (Å²) in [4.78, 5) is 32.8. The Morgan fingerprint density at radius 3 is 2.40 bits per heavy atom. The Morgan fingerprint density at radius 2 is 1.65 bits per heavy atom. The van der Waals surface area contributed by atoms with Gasteiger partial charge in [-0.3, -0.25) is 19.6 Å². The molecule has 4 aromatic rings. The Balaban J connectivity index is 1.15. The van der Waals surface area contributed by atoms with Crippen LogP contribution in [-0.2, 0) is 35.3 Å². The second-order valence-electron chi connectivity index (χ2n) is 8.75. The largest absolute Gasteiger partial charge is 0.573 e. The fourth-order valence-electron chi connectivity index (χ4n) is 3.73. The molecule has 208 valence electrons. The third-order valence-corrected chi connectivity index (χ3v) is 6.38. The lowest BCUT2D eigenvalue weighted by atomic mass is 10.1. The normalized spacial score (nSPS) is 11.2. The summed E-state index contributed by atoms with van der Waals surface area (Å²) >= 11 is 1.35. The first-order valence-electron chi connectivity index (χ1n) is 12.3. The van der Waals surface area contributed by atoms with Gasteiger partial charge in [-0.25, -0.2) is 0 Å². The third kappa shape index (κ3) is 9.73. The number of anilines is 2. The molecule has 13 heteroatoms. The summed E-state index contributed by atoms with van der Waals surface area (Å²) in [6.45, 7) is 0. The molecule has 0 aliphatic rings. The van der Waals surface area contributed by atoms with E-state index in [0.717, 1.165) is 41.9 Å². The number of nitrogens with zero attached hydrogens (tertiary/aromatic N) is 4. The van der Waals surface area contributed by atoms with Crippen molar-refractivity contribution in [3.63, 3.8) is 0 Å². The van der Waals surface area contributed by atoms with Crippen molar-refractivity contribution in [1.82, 2.24) is 20.2 Å². The van der Waals surface area contributed by atoms with Crippen molar-refractivity contribution in [1.29, 1.82) is 0 Å². The van der Waals surface area contributed by atoms with Crippen LogP contribution in [0.2, 0.25) is 0 Å². The molecule has 0 fully saturated rings. The van der Waals surface area contributed by atoms with E-state index in [-0.39, 0.29) is 30.4 Å². The molecule has 40 heavy (non-hydrogen) atoms. The van der Waals surface area contributed by atoms with Crippen LogP contribution in [0, 0.1) is 0 Å². The molecular formula is C27H25F3N6O3S. The van der Waals surface area contributed by atoms with Gasteiger partial charge in [0, 0.05) is 24.5 Å². The van der Waals surface area contributed by atoms with Gasteiger partial charge in [0.05, 0.1) is 24.7 Å². The zero-order valence-electron chi connectivity index (χ0n) is 21.1. The van der Waals surface area contributed by atoms with Crippen LogP contribution in [0.5, 0.6) is 5.75 Å². The maximum atomic E-state index is 12.4. The molecule has 3 aromatic heterocycles. The van der Waals surface area contributed by atoms with Crippen molar-refractivity contribution in [3.8, 4) is 5.75 Å². The highest BCUT2D eigenvalue weighted by atomic mass is 32.1. The number of aryl methyl sites for hydroxylation is 2. The van der Waals surface area contributed by atoms with E-state index in [1.165, 1.54) is 29.5 Å². The van der Waals surface area contributed by atoms with Crippen LogP contribution in [0.15, 0.2) is 67.1 Å². The Kier molecular flexibility index (Phi) is 9.73. The van der Waals surface area contributed by atoms with Crippen molar-refractivity contribution in [3.05, 3.63) is 88.9 Å². The molecule has 2 amide bonds. The highest BCUT2D eigenvalue weighted by Gasteiger charge is 2.31. The summed E-state index contributed by atoms with van der Waals surface area (Å²) in [7, 11) is 0. The second kappa shape index (κ2) is 13.6. The minimum Gasteiger partial charge on any atom is -0.406 e. The van der Waals surface area contributed by atoms with Crippen molar-refractivity contribution in [2.75, 3.05) is 10.6 Å². The number of ether oxygens (including phenoxy) is 1. The van der Waals surface area contributed by atoms with Gasteiger partial charge in [-0.05, 0) is 60.7 Å². The maximum Gasteiger partial charge on any atom is 0.573 e. The fourth-order valence-corrected chi connectivity index (χ4v) is 4.53. The summed E-state index contributed by atoms with van der Waals surface area (Å²) in [6, 6.07) is 12.5. The van der Waals surface area contributed by atoms with Gasteiger partial charge in [0.25, 0.3) is 0 Å². The first-order valence-corrected chi connectivity index (χ1v) is 13.1. The average Bonchev–Trinajstić information content (AvgIpc) is 3.34. The summed E-state index contributed by atoms with van der Waals surface area (Å²) in [6.07, 6.45) is 3.32. The lowest BCUT2D eigenvalue weighted by molar-refractivity contribution is -0.274. The summed E-state index contributed by atoms with van der Waals surface area (Å²) in [5.41, 5.74) is 2.55. The van der Waals surface area contributed by atoms with E-state index in [4.69, 9.17) is 0 Å². The number of carbonyl (C=O) groups excluding carboxylic acids is 2. The molecule has 3 heterocycles. The molecular weight excluding hydrogens is 545 g/mol. The number of pyridine rings is 2. The van der Waals surface area contributed by atoms with E-state index in [1.54, 1.807) is 36.8 Å². The third-order valence-electron chi connectivity index (χ3n) is 5.48. The zero-order valence-corrected chi connectivity index (χ0v) is 22.0. The number of hydrogen-bond donors (Lipinski definition) is 2. The number of aromatic nitrogens is 4. The van der Waals surface area contributed by atoms with Gasteiger partial charge >= 0.3 is 6.36 Å². The number of benzene rings is 1. The van der Waals surface area contributed by atoms with E-state index in [2.05, 4.69) is 35.5 Å². The molecule has 9 nitrogen and oxygen atoms in total. The number of hydrogen-bond acceptors (Lipinski definition) is 8. The summed E-state index contributed by atoms with van der Waals surface area (Å²) < 4.78 is 41.1. The van der Waals surface area contributed by atoms with Crippen LogP contribution >= 0.6 is 11.3 Å². The number of unbranched alkanes of at least 4 members (excludes halogenated alkanes) is 1. The van der Waals surface area contributed by atoms with Crippen LogP contribution in [0.3, 0.4) is 0 Å². The van der Waals surface area contributed by atoms with E-state index in [1.807, 2.05) is 12.1 Å². The van der Waals surface area contributed by atoms with E-state index in [0.29, 0.717) is 16.4 Å². The maximum absolute atomic E-state index is 12.4. The Hall–Kier alpha value is -4.39. The molecule has 0 radical (unpaired) electrons. The fraction of sp³-hybridized carbons (Fsp3) is 0.259. The molecule has 0 unspecified atom stereocenters. The average molecular weight is 571 g/mol. The molecule has 0 bridgehead atoms. The lowest BCUT2D eigenvalue weighted by Gasteiger charge is -2.10. The quantitative estimate of drug-likeness (QED) is 0.226. The van der Waals surface area contributed by atoms with Crippen molar-refractivity contribution < 1.29 is 27.5 Å². The first kappa shape index (κ1) is 28.6. The predicted molar refractivity (Wildman–Crippen MR) is 143 cm³/mol. The van der Waals surface area contributed by atoms with Crippen LogP contribution < -0.4 is 15.4 Å². The van der Waals surface area contributed by atoms with Crippen LogP contribution in [0.1, 0.15) is 34.7 Å². The molecule has 0 saturated heterocycles. The van der Waals surface area contributed by atoms with Crippen LogP contribution in [0.25, 0.3) is 0 Å². The van der Waals surface area contributed by atoms with Gasteiger partial charge in [0.2, 0.25) is 16.9 Å². The Bertz CT molecular complexity index is 1420. The Labute approximate surface area is 231 Å². The topological polar surface area (TPSA) is 119 Å². The second-order valence-corrected chi connectivity index (χ2v) is 9.81. The summed E-state index contributed by atoms with van der Waals surface area (Å²) in [5, 5.41) is 14.9. The zero-order chi connectivity index (χ0) is 28.4. The first-order chi connectivity index (χ1) is 19.2. The SMILES string of the molecule is O=C(Cc1cccc(OC(F)(F)F)c1)Nc1ccc(CCCCc2nnc(NC(=O)Cc3cccnc3)s2)nc1. The van der Waals surface area contributed by atoms with Crippen molar-refractivity contribution in [2.24, 2.45) is 0 Å². The number of halogens is 3. The molecule has 0 aliphatic heterocycles. The summed E-state index contributed by atoms with van der Waals surface area (Å²) in [5.74, 6) is -0.937. The van der Waals surface area contributed by atoms with E-state index < -0.39 is 6.36 Å². The minimum absolute atomic E-state index is 0.113. The van der Waals surface area contributed by atoms with Gasteiger partial charge < -0.3 is 15.4 Å². The number of amides is 2. The number of nitrogens with one attached hydrogen (secondary N) is 2. The molecule has 4 rings (SSSR count). The predicted octanol–water partition coefficient (Wildman–Crippen LogP) is 5.15. The van der Waals surface area contributed by atoms with Crippen LogP contribution in [0.4, 0.5) is 24.0 Å². The molecule has 1 aromatic carbocycles. The molecule has 0 saturated carbocycles. The van der Waals surface area contributed by atoms with Gasteiger partial charge in [0.15, 0.2) is 0 Å². The monoisotopic (exact) mass is 570 g/mol. The highest BCUT2D eigenvalue weighted by molar-refractivity contribution is 7.15. The lowest BCUT2D eigenvalue weighted by Crippen LogP contribution is -2.18. The van der Waals surface area contributed by atoms with Gasteiger partial charge in [0.1, 0.15) is 10.8 Å². The number of carbonyl (C=O) groups is 2. The van der Waals surface area contributed by atoms with Crippen LogP contribution in [-0.4, -0.2) is 38.3 Å². The highest BCUT2D eigenvalue weighted by Crippen LogP contribution is 2.24. The number of alkyl halides is 3. The molecule has 2 N–H and O–H groups in total. The minimum atomic E-state index is -4.80. The van der Waals surface area contributed by atoms with E-state index >= 15 is 0 Å². The van der Waals surface area contributed by atoms with Gasteiger partial charge in [-0.15, -0.1) is 23.4 Å². The standard InChI is InChI=1S/C27H25F3N6O3S/c28-27(29,30)39-22-8-3-5-18(13-22)14-23(37)33-21-11-10-20(32-17-21)7-1-2-9-25-35-36-26(40-25)34-24(38)15-19-6-4-12-31-16-19/h3-6,8,10-13,16-17H,1-2,7,9,14-15H2,(H,33,37)(H,34,36,38). The van der Waals surface area contributed by atoms with E-state index in [9.17, 15) is 22.8 Å². The molecule has 0 spiro atoms. The smallest absolute Gasteiger partial charge is 0.406 e. The van der Waals surface area contributed by atoms with Gasteiger partial charge in [-0.2, -0.15) is 0 Å². The Morgan fingerprint density at radius 1 is 0.875 bits per heavy atom. The number of rotatable bonds is 12. The molecule has 0 atom stereocenters.